The van der Waals surface area contributed by atoms with Crippen molar-refractivity contribution in [2.75, 3.05) is 0 Å². The van der Waals surface area contributed by atoms with E-state index >= 15 is 0 Å². The smallest absolute Gasteiger partial charge is 0.132 e. The van der Waals surface area contributed by atoms with Gasteiger partial charge in [0.15, 0.2) is 0 Å². The number of hydrogen-bond acceptors (Lipinski definition) is 2. The largest absolute Gasteiger partial charge is 0.506 e. The molecule has 1 N–H and O–H groups in total. The van der Waals surface area contributed by atoms with Crippen LogP contribution in [0.4, 0.5) is 0 Å². The Morgan fingerprint density at radius 2 is 2.40 bits per heavy atom. The molecule has 1 aliphatic rings. The highest BCUT2D eigenvalue weighted by atomic mass is 32.1. The van der Waals surface area contributed by atoms with Gasteiger partial charge in [-0.25, -0.2) is 0 Å². The summed E-state index contributed by atoms with van der Waals surface area (Å²) in [6.45, 7) is 2.00. The summed E-state index contributed by atoms with van der Waals surface area (Å²) in [7, 11) is 0. The zero-order valence-corrected chi connectivity index (χ0v) is 6.74. The highest BCUT2D eigenvalue weighted by molar-refractivity contribution is 7.80. The van der Waals surface area contributed by atoms with Gasteiger partial charge < -0.3 is 5.11 Å². The summed E-state index contributed by atoms with van der Waals surface area (Å²) in [6.07, 6.45) is 5.49. The van der Waals surface area contributed by atoms with Crippen molar-refractivity contribution in [2.24, 2.45) is 0 Å². The van der Waals surface area contributed by atoms with Gasteiger partial charge in [0.25, 0.3) is 0 Å². The third kappa shape index (κ3) is 1.27. The van der Waals surface area contributed by atoms with Gasteiger partial charge in [0.1, 0.15) is 5.76 Å². The fourth-order valence-electron chi connectivity index (χ4n) is 0.948. The average Bonchev–Trinajstić information content (AvgIpc) is 1.95. The summed E-state index contributed by atoms with van der Waals surface area (Å²) in [6, 6.07) is 0. The first-order chi connectivity index (χ1) is 4.75. The molecule has 0 aromatic rings. The molecule has 0 amide bonds. The van der Waals surface area contributed by atoms with Gasteiger partial charge in [-0.15, -0.1) is 0 Å². The van der Waals surface area contributed by atoms with Gasteiger partial charge >= 0.3 is 0 Å². The minimum atomic E-state index is 0.319. The molecule has 0 spiro atoms. The van der Waals surface area contributed by atoms with E-state index in [1.165, 1.54) is 0 Å². The van der Waals surface area contributed by atoms with E-state index in [4.69, 9.17) is 12.2 Å². The summed E-state index contributed by atoms with van der Waals surface area (Å²) < 4.78 is 0. The summed E-state index contributed by atoms with van der Waals surface area (Å²) in [5.41, 5.74) is 0.955. The van der Waals surface area contributed by atoms with Gasteiger partial charge in [-0.05, 0) is 12.0 Å². The van der Waals surface area contributed by atoms with Crippen molar-refractivity contribution in [1.29, 1.82) is 0 Å². The predicted octanol–water partition coefficient (Wildman–Crippen LogP) is 2.54. The van der Waals surface area contributed by atoms with Crippen LogP contribution >= 0.6 is 12.2 Å². The van der Waals surface area contributed by atoms with Crippen molar-refractivity contribution in [3.05, 3.63) is 23.5 Å². The van der Waals surface area contributed by atoms with Gasteiger partial charge in [-0.3, -0.25) is 0 Å². The molecule has 0 radical (unpaired) electrons. The second kappa shape index (κ2) is 2.97. The Hall–Kier alpha value is -0.630. The molecule has 0 saturated heterocycles. The van der Waals surface area contributed by atoms with E-state index in [0.717, 1.165) is 12.0 Å². The summed E-state index contributed by atoms with van der Waals surface area (Å²) >= 11 is 4.91. The summed E-state index contributed by atoms with van der Waals surface area (Å²) in [5.74, 6) is 0.319. The van der Waals surface area contributed by atoms with Crippen LogP contribution < -0.4 is 0 Å². The van der Waals surface area contributed by atoms with Crippen molar-refractivity contribution in [1.82, 2.24) is 0 Å². The highest BCUT2D eigenvalue weighted by Crippen LogP contribution is 2.16. The van der Waals surface area contributed by atoms with Crippen LogP contribution in [0, 0.1) is 0 Å². The first-order valence-electron chi connectivity index (χ1n) is 3.37. The Morgan fingerprint density at radius 1 is 1.70 bits per heavy atom. The van der Waals surface area contributed by atoms with E-state index in [2.05, 4.69) is 0 Å². The lowest BCUT2D eigenvalue weighted by molar-refractivity contribution is 0.436. The van der Waals surface area contributed by atoms with Crippen molar-refractivity contribution in [2.45, 2.75) is 19.8 Å². The average molecular weight is 154 g/mol. The predicted molar refractivity (Wildman–Crippen MR) is 46.3 cm³/mol. The summed E-state index contributed by atoms with van der Waals surface area (Å²) in [4.78, 5) is 0.666. The van der Waals surface area contributed by atoms with Crippen LogP contribution in [-0.4, -0.2) is 9.97 Å². The molecular formula is C8H10OS. The topological polar surface area (TPSA) is 20.2 Å². The third-order valence-electron chi connectivity index (χ3n) is 1.57. The van der Waals surface area contributed by atoms with Crippen molar-refractivity contribution >= 4 is 17.1 Å². The molecule has 1 nitrogen and oxygen atoms in total. The Balaban J connectivity index is 2.93. The monoisotopic (exact) mass is 154 g/mol. The number of aliphatic hydroxyl groups is 1. The maximum Gasteiger partial charge on any atom is 0.132 e. The molecule has 1 aliphatic carbocycles. The van der Waals surface area contributed by atoms with Gasteiger partial charge in [0.2, 0.25) is 0 Å². The number of hydrogen-bond donors (Lipinski definition) is 1. The molecular weight excluding hydrogens is 144 g/mol. The number of thiocarbonyl (C=S) groups is 1. The van der Waals surface area contributed by atoms with Crippen molar-refractivity contribution < 1.29 is 5.11 Å². The van der Waals surface area contributed by atoms with Crippen molar-refractivity contribution in [3.63, 3.8) is 0 Å². The zero-order chi connectivity index (χ0) is 7.56. The van der Waals surface area contributed by atoms with E-state index in [1.54, 1.807) is 0 Å². The molecule has 54 valence electrons. The molecule has 0 fully saturated rings. The number of rotatable bonds is 1. The summed E-state index contributed by atoms with van der Waals surface area (Å²) in [5, 5.41) is 9.32. The lowest BCUT2D eigenvalue weighted by Crippen LogP contribution is -2.04. The zero-order valence-electron chi connectivity index (χ0n) is 5.92. The molecule has 0 saturated carbocycles. The standard InChI is InChI=1S/C8H10OS/c1-2-6-4-3-5-7(10)8(6)9/h3-4,9H,2,5H2,1H3. The van der Waals surface area contributed by atoms with Crippen LogP contribution in [0.25, 0.3) is 0 Å². The molecule has 2 heteroatoms. The normalized spacial score (nSPS) is 18.3. The van der Waals surface area contributed by atoms with E-state index in [0.29, 0.717) is 17.0 Å². The van der Waals surface area contributed by atoms with Crippen LogP contribution in [0.15, 0.2) is 23.5 Å². The minimum Gasteiger partial charge on any atom is -0.506 e. The fraction of sp³-hybridized carbons (Fsp3) is 0.375. The van der Waals surface area contributed by atoms with Gasteiger partial charge in [-0.2, -0.15) is 0 Å². The maximum absolute atomic E-state index is 9.32. The molecule has 0 unspecified atom stereocenters. The Bertz CT molecular complexity index is 213. The number of allylic oxidation sites excluding steroid dienone is 4. The maximum atomic E-state index is 9.32. The SMILES string of the molecule is CCC1=C(O)C(=S)CC=C1. The Kier molecular flexibility index (Phi) is 2.22. The van der Waals surface area contributed by atoms with E-state index in [-0.39, 0.29) is 0 Å². The third-order valence-corrected chi connectivity index (χ3v) is 1.93. The second-order valence-electron chi connectivity index (χ2n) is 2.26. The van der Waals surface area contributed by atoms with Crippen molar-refractivity contribution in [3.8, 4) is 0 Å². The molecule has 0 aliphatic heterocycles. The second-order valence-corrected chi connectivity index (χ2v) is 2.75. The molecule has 0 bridgehead atoms. The first-order valence-corrected chi connectivity index (χ1v) is 3.78. The number of aliphatic hydroxyl groups excluding tert-OH is 1. The quantitative estimate of drug-likeness (QED) is 0.586. The van der Waals surface area contributed by atoms with Gasteiger partial charge in [0.05, 0.1) is 4.86 Å². The Morgan fingerprint density at radius 3 is 2.90 bits per heavy atom. The van der Waals surface area contributed by atoms with Crippen LogP contribution in [0.5, 0.6) is 0 Å². The first kappa shape index (κ1) is 7.48. The van der Waals surface area contributed by atoms with Crippen LogP contribution in [0.3, 0.4) is 0 Å². The minimum absolute atomic E-state index is 0.319. The van der Waals surface area contributed by atoms with Crippen LogP contribution in [0.1, 0.15) is 19.8 Å². The molecule has 0 heterocycles. The van der Waals surface area contributed by atoms with E-state index in [1.807, 2.05) is 19.1 Å². The van der Waals surface area contributed by atoms with Crippen LogP contribution in [0.2, 0.25) is 0 Å². The lowest BCUT2D eigenvalue weighted by atomic mass is 10.0. The molecule has 0 aromatic carbocycles. The van der Waals surface area contributed by atoms with Crippen LogP contribution in [-0.2, 0) is 0 Å². The fourth-order valence-corrected chi connectivity index (χ4v) is 1.18. The molecule has 10 heavy (non-hydrogen) atoms. The Labute approximate surface area is 66.1 Å². The molecule has 0 aromatic heterocycles. The van der Waals surface area contributed by atoms with E-state index in [9.17, 15) is 5.11 Å². The lowest BCUT2D eigenvalue weighted by Gasteiger charge is -2.09. The highest BCUT2D eigenvalue weighted by Gasteiger charge is 2.09. The molecule has 0 atom stereocenters. The van der Waals surface area contributed by atoms with E-state index < -0.39 is 0 Å². The van der Waals surface area contributed by atoms with Gasteiger partial charge in [0, 0.05) is 6.42 Å². The van der Waals surface area contributed by atoms with Gasteiger partial charge in [-0.1, -0.05) is 31.3 Å². The molecule has 1 rings (SSSR count).